The largest absolute Gasteiger partial charge is 0.395 e. The van der Waals surface area contributed by atoms with Gasteiger partial charge in [0, 0.05) is 79.7 Å². The summed E-state index contributed by atoms with van der Waals surface area (Å²) in [6.07, 6.45) is 8.95. The van der Waals surface area contributed by atoms with Gasteiger partial charge in [-0.25, -0.2) is 9.97 Å². The average Bonchev–Trinajstić information content (AvgIpc) is 2.92. The van der Waals surface area contributed by atoms with Crippen LogP contribution in [0.5, 0.6) is 0 Å². The number of rotatable bonds is 7. The topological polar surface area (TPSA) is 113 Å². The third-order valence-electron chi connectivity index (χ3n) is 6.82. The first-order chi connectivity index (χ1) is 17.2. The molecule has 0 aliphatic carbocycles. The van der Waals surface area contributed by atoms with E-state index in [9.17, 15) is 4.79 Å². The minimum atomic E-state index is -0.0391. The molecule has 2 saturated heterocycles. The SMILES string of the molecule is O=C(NCCO)C1CCN(c2nc(-c3ccnc(NC4CCOCC4)c3)cc3cnccc23)CC1. The Hall–Kier alpha value is -3.30. The summed E-state index contributed by atoms with van der Waals surface area (Å²) in [5.74, 6) is 1.76. The van der Waals surface area contributed by atoms with Crippen LogP contribution in [0, 0.1) is 5.92 Å². The molecule has 3 aromatic heterocycles. The third kappa shape index (κ3) is 5.52. The van der Waals surface area contributed by atoms with Crippen molar-refractivity contribution in [3.05, 3.63) is 42.9 Å². The highest BCUT2D eigenvalue weighted by Crippen LogP contribution is 2.32. The highest BCUT2D eigenvalue weighted by molar-refractivity contribution is 5.94. The molecule has 0 aromatic carbocycles. The molecular formula is C26H32N6O3. The Morgan fingerprint density at radius 1 is 1.11 bits per heavy atom. The molecule has 5 heterocycles. The lowest BCUT2D eigenvalue weighted by Crippen LogP contribution is -2.41. The Morgan fingerprint density at radius 2 is 1.94 bits per heavy atom. The monoisotopic (exact) mass is 476 g/mol. The van der Waals surface area contributed by atoms with Gasteiger partial charge in [-0.3, -0.25) is 9.78 Å². The van der Waals surface area contributed by atoms with Gasteiger partial charge in [0.05, 0.1) is 12.3 Å². The summed E-state index contributed by atoms with van der Waals surface area (Å²) in [5.41, 5.74) is 1.88. The Bertz CT molecular complexity index is 1160. The lowest BCUT2D eigenvalue weighted by atomic mass is 9.95. The molecule has 0 saturated carbocycles. The van der Waals surface area contributed by atoms with Gasteiger partial charge < -0.3 is 25.4 Å². The molecule has 2 fully saturated rings. The maximum absolute atomic E-state index is 12.3. The second kappa shape index (κ2) is 11.0. The van der Waals surface area contributed by atoms with Crippen LogP contribution in [0.4, 0.5) is 11.6 Å². The van der Waals surface area contributed by atoms with Crippen LogP contribution in [0.3, 0.4) is 0 Å². The summed E-state index contributed by atoms with van der Waals surface area (Å²) >= 11 is 0. The van der Waals surface area contributed by atoms with Gasteiger partial charge in [0.25, 0.3) is 0 Å². The standard InChI is InChI=1S/C26H32N6O3/c33-12-9-29-26(34)18-3-10-32(11-4-18)25-22-2-7-27-17-20(22)15-23(31-25)19-1-8-28-24(16-19)30-21-5-13-35-14-6-21/h1-2,7-8,15-18,21,33H,3-6,9-14H2,(H,28,30)(H,29,34). The maximum Gasteiger partial charge on any atom is 0.223 e. The van der Waals surface area contributed by atoms with Gasteiger partial charge in [-0.1, -0.05) is 0 Å². The Labute approximate surface area is 204 Å². The van der Waals surface area contributed by atoms with E-state index in [1.165, 1.54) is 0 Å². The molecule has 1 amide bonds. The van der Waals surface area contributed by atoms with E-state index in [1.54, 1.807) is 6.20 Å². The van der Waals surface area contributed by atoms with E-state index in [2.05, 4.69) is 37.6 Å². The zero-order valence-corrected chi connectivity index (χ0v) is 19.8. The van der Waals surface area contributed by atoms with E-state index in [4.69, 9.17) is 14.8 Å². The van der Waals surface area contributed by atoms with E-state index < -0.39 is 0 Å². The van der Waals surface area contributed by atoms with Crippen LogP contribution >= 0.6 is 0 Å². The smallest absolute Gasteiger partial charge is 0.223 e. The predicted octanol–water partition coefficient (Wildman–Crippen LogP) is 2.61. The Morgan fingerprint density at radius 3 is 2.74 bits per heavy atom. The summed E-state index contributed by atoms with van der Waals surface area (Å²) in [7, 11) is 0. The number of amides is 1. The molecule has 0 bridgehead atoms. The maximum atomic E-state index is 12.3. The Balaban J connectivity index is 1.39. The quantitative estimate of drug-likeness (QED) is 0.477. The zero-order chi connectivity index (χ0) is 24.0. The fraction of sp³-hybridized carbons (Fsp3) is 0.462. The number of pyridine rings is 3. The number of aromatic nitrogens is 3. The number of hydrogen-bond donors (Lipinski definition) is 3. The number of fused-ring (bicyclic) bond motifs is 1. The molecule has 0 radical (unpaired) electrons. The third-order valence-corrected chi connectivity index (χ3v) is 6.82. The van der Waals surface area contributed by atoms with Crippen LogP contribution in [-0.2, 0) is 9.53 Å². The molecule has 5 rings (SSSR count). The average molecular weight is 477 g/mol. The van der Waals surface area contributed by atoms with E-state index in [1.807, 2.05) is 24.5 Å². The molecule has 184 valence electrons. The zero-order valence-electron chi connectivity index (χ0n) is 19.8. The number of aliphatic hydroxyl groups excluding tert-OH is 1. The van der Waals surface area contributed by atoms with Crippen molar-refractivity contribution in [2.75, 3.05) is 49.7 Å². The van der Waals surface area contributed by atoms with Gasteiger partial charge in [-0.05, 0) is 49.9 Å². The number of carbonyl (C=O) groups excluding carboxylic acids is 1. The molecule has 3 N–H and O–H groups in total. The predicted molar refractivity (Wildman–Crippen MR) is 135 cm³/mol. The van der Waals surface area contributed by atoms with Crippen molar-refractivity contribution in [2.24, 2.45) is 5.92 Å². The Kier molecular flexibility index (Phi) is 7.34. The highest BCUT2D eigenvalue weighted by Gasteiger charge is 2.26. The van der Waals surface area contributed by atoms with Crippen molar-refractivity contribution in [2.45, 2.75) is 31.7 Å². The summed E-state index contributed by atoms with van der Waals surface area (Å²) in [4.78, 5) is 28.6. The second-order valence-electron chi connectivity index (χ2n) is 9.16. The van der Waals surface area contributed by atoms with Crippen LogP contribution in [0.25, 0.3) is 22.0 Å². The van der Waals surface area contributed by atoms with Crippen LogP contribution in [0.2, 0.25) is 0 Å². The van der Waals surface area contributed by atoms with Crippen molar-refractivity contribution in [3.63, 3.8) is 0 Å². The summed E-state index contributed by atoms with van der Waals surface area (Å²) in [5, 5.41) is 17.4. The lowest BCUT2D eigenvalue weighted by Gasteiger charge is -2.33. The van der Waals surface area contributed by atoms with Crippen LogP contribution < -0.4 is 15.5 Å². The van der Waals surface area contributed by atoms with Crippen LogP contribution in [0.1, 0.15) is 25.7 Å². The van der Waals surface area contributed by atoms with Gasteiger partial charge >= 0.3 is 0 Å². The van der Waals surface area contributed by atoms with Crippen molar-refractivity contribution < 1.29 is 14.6 Å². The van der Waals surface area contributed by atoms with Crippen molar-refractivity contribution in [1.29, 1.82) is 0 Å². The molecule has 2 aliphatic rings. The van der Waals surface area contributed by atoms with Gasteiger partial charge in [0.15, 0.2) is 0 Å². The molecule has 9 nitrogen and oxygen atoms in total. The summed E-state index contributed by atoms with van der Waals surface area (Å²) < 4.78 is 5.47. The number of anilines is 2. The summed E-state index contributed by atoms with van der Waals surface area (Å²) in [6, 6.07) is 8.50. The van der Waals surface area contributed by atoms with Gasteiger partial charge in [0.2, 0.25) is 5.91 Å². The van der Waals surface area contributed by atoms with Gasteiger partial charge in [-0.15, -0.1) is 0 Å². The van der Waals surface area contributed by atoms with Crippen molar-refractivity contribution >= 4 is 28.3 Å². The first kappa shape index (κ1) is 23.4. The van der Waals surface area contributed by atoms with E-state index in [0.29, 0.717) is 12.6 Å². The number of aliphatic hydroxyl groups is 1. The minimum Gasteiger partial charge on any atom is -0.395 e. The number of carbonyl (C=O) groups is 1. The van der Waals surface area contributed by atoms with E-state index >= 15 is 0 Å². The number of piperidine rings is 1. The van der Waals surface area contributed by atoms with E-state index in [-0.39, 0.29) is 18.4 Å². The summed E-state index contributed by atoms with van der Waals surface area (Å²) in [6.45, 7) is 3.32. The fourth-order valence-corrected chi connectivity index (χ4v) is 4.86. The van der Waals surface area contributed by atoms with Crippen LogP contribution in [-0.4, -0.2) is 71.5 Å². The number of nitrogens with one attached hydrogen (secondary N) is 2. The number of hydrogen-bond acceptors (Lipinski definition) is 8. The normalized spacial score (nSPS) is 17.5. The molecule has 0 atom stereocenters. The molecule has 3 aromatic rings. The van der Waals surface area contributed by atoms with Crippen LogP contribution in [0.15, 0.2) is 42.9 Å². The number of ether oxygens (including phenoxy) is 1. The minimum absolute atomic E-state index is 0.0239. The molecule has 0 unspecified atom stereocenters. The molecular weight excluding hydrogens is 444 g/mol. The molecule has 2 aliphatic heterocycles. The molecule has 0 spiro atoms. The lowest BCUT2D eigenvalue weighted by molar-refractivity contribution is -0.125. The fourth-order valence-electron chi connectivity index (χ4n) is 4.86. The molecule has 9 heteroatoms. The first-order valence-electron chi connectivity index (χ1n) is 12.4. The van der Waals surface area contributed by atoms with E-state index in [0.717, 1.165) is 85.7 Å². The van der Waals surface area contributed by atoms with Gasteiger partial charge in [-0.2, -0.15) is 0 Å². The number of nitrogens with zero attached hydrogens (tertiary/aromatic N) is 4. The first-order valence-corrected chi connectivity index (χ1v) is 12.4. The van der Waals surface area contributed by atoms with Crippen molar-refractivity contribution in [1.82, 2.24) is 20.3 Å². The van der Waals surface area contributed by atoms with Gasteiger partial charge in [0.1, 0.15) is 11.6 Å². The van der Waals surface area contributed by atoms with Crippen molar-refractivity contribution in [3.8, 4) is 11.3 Å². The second-order valence-corrected chi connectivity index (χ2v) is 9.16. The highest BCUT2D eigenvalue weighted by atomic mass is 16.5. The molecule has 35 heavy (non-hydrogen) atoms.